The second-order valence-corrected chi connectivity index (χ2v) is 3.70. The first kappa shape index (κ1) is 11.6. The van der Waals surface area contributed by atoms with Crippen molar-refractivity contribution in [2.75, 3.05) is 0 Å². The zero-order chi connectivity index (χ0) is 12.5. The first-order valence-electron chi connectivity index (χ1n) is 4.97. The molecule has 90 valence electrons. The number of hydrogen-bond acceptors (Lipinski definition) is 2. The summed E-state index contributed by atoms with van der Waals surface area (Å²) in [4.78, 5) is 11.1. The lowest BCUT2D eigenvalue weighted by molar-refractivity contribution is -0.182. The van der Waals surface area contributed by atoms with Gasteiger partial charge in [-0.1, -0.05) is 30.3 Å². The number of nitrogens with zero attached hydrogens (tertiary/aromatic N) is 1. The van der Waals surface area contributed by atoms with Crippen LogP contribution in [0.5, 0.6) is 0 Å². The highest BCUT2D eigenvalue weighted by molar-refractivity contribution is 6.05. The molecule has 1 heterocycles. The molecular weight excluding hydrogens is 233 g/mol. The molecule has 1 unspecified atom stereocenters. The predicted molar refractivity (Wildman–Crippen MR) is 55.3 cm³/mol. The van der Waals surface area contributed by atoms with Gasteiger partial charge >= 0.3 is 6.18 Å². The fourth-order valence-corrected chi connectivity index (χ4v) is 1.61. The molecule has 1 aliphatic heterocycles. The van der Waals surface area contributed by atoms with Crippen molar-refractivity contribution >= 4 is 11.6 Å². The van der Waals surface area contributed by atoms with E-state index in [0.717, 1.165) is 0 Å². The second-order valence-electron chi connectivity index (χ2n) is 3.70. The Morgan fingerprint density at radius 3 is 2.47 bits per heavy atom. The molecule has 3 nitrogen and oxygen atoms in total. The van der Waals surface area contributed by atoms with E-state index in [0.29, 0.717) is 5.56 Å². The molecule has 0 radical (unpaired) electrons. The average molecular weight is 242 g/mol. The van der Waals surface area contributed by atoms with E-state index < -0.39 is 24.4 Å². The van der Waals surface area contributed by atoms with Crippen LogP contribution in [0.2, 0.25) is 0 Å². The van der Waals surface area contributed by atoms with Crippen molar-refractivity contribution in [3.63, 3.8) is 0 Å². The highest BCUT2D eigenvalue weighted by atomic mass is 19.4. The Morgan fingerprint density at radius 2 is 1.88 bits per heavy atom. The summed E-state index contributed by atoms with van der Waals surface area (Å²) in [6.07, 6.45) is -4.96. The van der Waals surface area contributed by atoms with Gasteiger partial charge in [0.1, 0.15) is 5.92 Å². The molecule has 0 aromatic heterocycles. The summed E-state index contributed by atoms with van der Waals surface area (Å²) in [6, 6.07) is 8.48. The number of amides is 1. The molecule has 1 N–H and O–H groups in total. The number of rotatable bonds is 1. The first-order chi connectivity index (χ1) is 7.98. The summed E-state index contributed by atoms with van der Waals surface area (Å²) in [5.41, 5.74) is 2.74. The third-order valence-corrected chi connectivity index (χ3v) is 2.52. The van der Waals surface area contributed by atoms with Crippen LogP contribution in [0.1, 0.15) is 12.0 Å². The lowest BCUT2D eigenvalue weighted by Gasteiger charge is -2.23. The van der Waals surface area contributed by atoms with E-state index in [-0.39, 0.29) is 5.71 Å². The Labute approximate surface area is 95.3 Å². The summed E-state index contributed by atoms with van der Waals surface area (Å²) in [5, 5.41) is 3.66. The highest BCUT2D eigenvalue weighted by Crippen LogP contribution is 2.31. The van der Waals surface area contributed by atoms with Crippen molar-refractivity contribution in [1.82, 2.24) is 5.43 Å². The lowest BCUT2D eigenvalue weighted by atomic mass is 9.95. The van der Waals surface area contributed by atoms with Gasteiger partial charge in [0.2, 0.25) is 0 Å². The van der Waals surface area contributed by atoms with E-state index in [9.17, 15) is 18.0 Å². The molecule has 17 heavy (non-hydrogen) atoms. The minimum atomic E-state index is -4.54. The zero-order valence-corrected chi connectivity index (χ0v) is 8.66. The SMILES string of the molecule is O=C1NN=C(c2ccccc2)CC1C(F)(F)F. The standard InChI is InChI=1S/C11H9F3N2O/c12-11(13,14)8-6-9(15-16-10(8)17)7-4-2-1-3-5-7/h1-5,8H,6H2,(H,16,17). The van der Waals surface area contributed by atoms with Crippen LogP contribution in [0.4, 0.5) is 13.2 Å². The Kier molecular flexibility index (Phi) is 2.87. The smallest absolute Gasteiger partial charge is 0.272 e. The van der Waals surface area contributed by atoms with Gasteiger partial charge in [-0.05, 0) is 5.56 Å². The maximum absolute atomic E-state index is 12.6. The van der Waals surface area contributed by atoms with Crippen molar-refractivity contribution < 1.29 is 18.0 Å². The van der Waals surface area contributed by atoms with E-state index in [4.69, 9.17) is 0 Å². The molecule has 1 aromatic carbocycles. The van der Waals surface area contributed by atoms with Crippen LogP contribution in [0.3, 0.4) is 0 Å². The van der Waals surface area contributed by atoms with Crippen molar-refractivity contribution in [2.24, 2.45) is 11.0 Å². The van der Waals surface area contributed by atoms with E-state index in [1.54, 1.807) is 30.3 Å². The van der Waals surface area contributed by atoms with Crippen molar-refractivity contribution in [3.8, 4) is 0 Å². The normalized spacial score (nSPS) is 20.8. The Hall–Kier alpha value is -1.85. The number of carbonyl (C=O) groups is 1. The number of hydrogen-bond donors (Lipinski definition) is 1. The third-order valence-electron chi connectivity index (χ3n) is 2.52. The van der Waals surface area contributed by atoms with Crippen LogP contribution in [0, 0.1) is 5.92 Å². The largest absolute Gasteiger partial charge is 0.400 e. The number of benzene rings is 1. The molecule has 1 amide bonds. The van der Waals surface area contributed by atoms with E-state index in [2.05, 4.69) is 5.10 Å². The van der Waals surface area contributed by atoms with Gasteiger partial charge in [0.25, 0.3) is 5.91 Å². The summed E-state index contributed by atoms with van der Waals surface area (Å²) in [7, 11) is 0. The van der Waals surface area contributed by atoms with Gasteiger partial charge < -0.3 is 0 Å². The predicted octanol–water partition coefficient (Wildman–Crippen LogP) is 2.09. The van der Waals surface area contributed by atoms with Crippen LogP contribution in [-0.4, -0.2) is 17.8 Å². The van der Waals surface area contributed by atoms with Gasteiger partial charge in [-0.15, -0.1) is 0 Å². The van der Waals surface area contributed by atoms with Gasteiger partial charge in [0, 0.05) is 6.42 Å². The average Bonchev–Trinajstić information content (AvgIpc) is 2.29. The van der Waals surface area contributed by atoms with Crippen LogP contribution < -0.4 is 5.43 Å². The summed E-state index contributed by atoms with van der Waals surface area (Å²) < 4.78 is 37.7. The number of halogens is 3. The molecule has 1 aliphatic rings. The van der Waals surface area contributed by atoms with Crippen molar-refractivity contribution in [2.45, 2.75) is 12.6 Å². The van der Waals surface area contributed by atoms with E-state index >= 15 is 0 Å². The number of carbonyl (C=O) groups excluding carboxylic acids is 1. The van der Waals surface area contributed by atoms with Gasteiger partial charge in [-0.25, -0.2) is 5.43 Å². The number of nitrogens with one attached hydrogen (secondary N) is 1. The molecule has 0 fully saturated rings. The molecule has 0 aliphatic carbocycles. The maximum atomic E-state index is 12.6. The Balaban J connectivity index is 2.26. The molecule has 1 aromatic rings. The number of hydrazone groups is 1. The fraction of sp³-hybridized carbons (Fsp3) is 0.273. The molecular formula is C11H9F3N2O. The van der Waals surface area contributed by atoms with Gasteiger partial charge in [0.05, 0.1) is 5.71 Å². The zero-order valence-electron chi connectivity index (χ0n) is 8.66. The van der Waals surface area contributed by atoms with E-state index in [1.807, 2.05) is 5.43 Å². The van der Waals surface area contributed by atoms with Crippen LogP contribution in [-0.2, 0) is 4.79 Å². The molecule has 0 bridgehead atoms. The number of alkyl halides is 3. The second kappa shape index (κ2) is 4.20. The Bertz CT molecular complexity index is 454. The molecule has 0 saturated heterocycles. The van der Waals surface area contributed by atoms with Gasteiger partial charge in [-0.2, -0.15) is 18.3 Å². The van der Waals surface area contributed by atoms with Gasteiger partial charge in [-0.3, -0.25) is 4.79 Å². The van der Waals surface area contributed by atoms with Crippen molar-refractivity contribution in [1.29, 1.82) is 0 Å². The summed E-state index contributed by atoms with van der Waals surface area (Å²) >= 11 is 0. The van der Waals surface area contributed by atoms with Crippen LogP contribution in [0.15, 0.2) is 35.4 Å². The topological polar surface area (TPSA) is 41.5 Å². The summed E-state index contributed by atoms with van der Waals surface area (Å²) in [5.74, 6) is -3.12. The molecule has 2 rings (SSSR count). The minimum Gasteiger partial charge on any atom is -0.272 e. The highest BCUT2D eigenvalue weighted by Gasteiger charge is 2.47. The van der Waals surface area contributed by atoms with Crippen LogP contribution in [0.25, 0.3) is 0 Å². The molecule has 1 atom stereocenters. The van der Waals surface area contributed by atoms with Gasteiger partial charge in [0.15, 0.2) is 0 Å². The quantitative estimate of drug-likeness (QED) is 0.804. The first-order valence-corrected chi connectivity index (χ1v) is 4.97. The maximum Gasteiger partial charge on any atom is 0.400 e. The third kappa shape index (κ3) is 2.46. The molecule has 0 spiro atoms. The fourth-order valence-electron chi connectivity index (χ4n) is 1.61. The van der Waals surface area contributed by atoms with E-state index in [1.165, 1.54) is 0 Å². The minimum absolute atomic E-state index is 0.243. The Morgan fingerprint density at radius 1 is 1.24 bits per heavy atom. The lowest BCUT2D eigenvalue weighted by Crippen LogP contribution is -2.42. The molecule has 0 saturated carbocycles. The van der Waals surface area contributed by atoms with Crippen molar-refractivity contribution in [3.05, 3.63) is 35.9 Å². The summed E-state index contributed by atoms with van der Waals surface area (Å²) in [6.45, 7) is 0. The van der Waals surface area contributed by atoms with Crippen LogP contribution >= 0.6 is 0 Å². The molecule has 6 heteroatoms. The monoisotopic (exact) mass is 242 g/mol.